The SMILES string of the molecule is O=C(CNC(=O)C1CCC1)Nc1ccccc1C(F)(F)F. The molecular weight excluding hydrogens is 285 g/mol. The summed E-state index contributed by atoms with van der Waals surface area (Å²) in [7, 11) is 0. The van der Waals surface area contributed by atoms with E-state index in [0.717, 1.165) is 25.3 Å². The predicted molar refractivity (Wildman–Crippen MR) is 70.4 cm³/mol. The Hall–Kier alpha value is -2.05. The summed E-state index contributed by atoms with van der Waals surface area (Å²) in [5, 5.41) is 4.60. The summed E-state index contributed by atoms with van der Waals surface area (Å²) in [6.45, 7) is -0.332. The van der Waals surface area contributed by atoms with Crippen molar-refractivity contribution < 1.29 is 22.8 Å². The van der Waals surface area contributed by atoms with Gasteiger partial charge in [0.2, 0.25) is 11.8 Å². The van der Waals surface area contributed by atoms with E-state index in [1.165, 1.54) is 18.2 Å². The van der Waals surface area contributed by atoms with Crippen LogP contribution >= 0.6 is 0 Å². The third-order valence-corrected chi connectivity index (χ3v) is 3.41. The van der Waals surface area contributed by atoms with Crippen LogP contribution in [0.5, 0.6) is 0 Å². The molecule has 0 aliphatic heterocycles. The van der Waals surface area contributed by atoms with Crippen LogP contribution in [0.1, 0.15) is 24.8 Å². The molecule has 1 saturated carbocycles. The summed E-state index contributed by atoms with van der Waals surface area (Å²) >= 11 is 0. The first-order valence-electron chi connectivity index (χ1n) is 6.61. The lowest BCUT2D eigenvalue weighted by Gasteiger charge is -2.23. The number of rotatable bonds is 4. The first kappa shape index (κ1) is 15.3. The Labute approximate surface area is 119 Å². The fourth-order valence-corrected chi connectivity index (χ4v) is 2.02. The van der Waals surface area contributed by atoms with Crippen LogP contribution in [0.15, 0.2) is 24.3 Å². The van der Waals surface area contributed by atoms with Gasteiger partial charge in [0, 0.05) is 5.92 Å². The van der Waals surface area contributed by atoms with Gasteiger partial charge >= 0.3 is 6.18 Å². The molecule has 114 valence electrons. The van der Waals surface area contributed by atoms with Crippen molar-refractivity contribution in [3.8, 4) is 0 Å². The topological polar surface area (TPSA) is 58.2 Å². The molecule has 21 heavy (non-hydrogen) atoms. The molecule has 0 heterocycles. The highest BCUT2D eigenvalue weighted by Gasteiger charge is 2.33. The quantitative estimate of drug-likeness (QED) is 0.898. The van der Waals surface area contributed by atoms with E-state index in [2.05, 4.69) is 10.6 Å². The molecule has 4 nitrogen and oxygen atoms in total. The second-order valence-electron chi connectivity index (χ2n) is 4.94. The molecule has 2 rings (SSSR count). The molecule has 1 aliphatic rings. The van der Waals surface area contributed by atoms with Crippen molar-refractivity contribution in [2.75, 3.05) is 11.9 Å². The molecule has 2 N–H and O–H groups in total. The van der Waals surface area contributed by atoms with Crippen LogP contribution in [0, 0.1) is 5.92 Å². The van der Waals surface area contributed by atoms with Gasteiger partial charge in [-0.3, -0.25) is 9.59 Å². The molecule has 2 amide bonds. The lowest BCUT2D eigenvalue weighted by molar-refractivity contribution is -0.137. The van der Waals surface area contributed by atoms with Crippen molar-refractivity contribution in [3.63, 3.8) is 0 Å². The zero-order valence-electron chi connectivity index (χ0n) is 11.2. The summed E-state index contributed by atoms with van der Waals surface area (Å²) in [5.74, 6) is -0.972. The van der Waals surface area contributed by atoms with Gasteiger partial charge in [-0.1, -0.05) is 18.6 Å². The summed E-state index contributed by atoms with van der Waals surface area (Å²) in [4.78, 5) is 23.2. The minimum Gasteiger partial charge on any atom is -0.347 e. The number of amides is 2. The molecule has 1 aromatic carbocycles. The molecule has 7 heteroatoms. The Bertz CT molecular complexity index is 539. The van der Waals surface area contributed by atoms with E-state index in [4.69, 9.17) is 0 Å². The number of para-hydroxylation sites is 1. The van der Waals surface area contributed by atoms with Crippen molar-refractivity contribution in [1.29, 1.82) is 0 Å². The van der Waals surface area contributed by atoms with E-state index in [-0.39, 0.29) is 24.1 Å². The number of anilines is 1. The second kappa shape index (κ2) is 6.15. The van der Waals surface area contributed by atoms with Gasteiger partial charge in [-0.05, 0) is 25.0 Å². The number of hydrogen-bond acceptors (Lipinski definition) is 2. The van der Waals surface area contributed by atoms with Crippen LogP contribution in [0.3, 0.4) is 0 Å². The highest BCUT2D eigenvalue weighted by Crippen LogP contribution is 2.34. The molecule has 0 spiro atoms. The van der Waals surface area contributed by atoms with Crippen molar-refractivity contribution in [1.82, 2.24) is 5.32 Å². The summed E-state index contributed by atoms with van der Waals surface area (Å²) in [5.41, 5.74) is -1.23. The first-order valence-corrected chi connectivity index (χ1v) is 6.61. The van der Waals surface area contributed by atoms with E-state index < -0.39 is 17.6 Å². The van der Waals surface area contributed by atoms with Crippen LogP contribution in [0.25, 0.3) is 0 Å². The summed E-state index contributed by atoms with van der Waals surface area (Å²) in [6, 6.07) is 4.71. The third-order valence-electron chi connectivity index (χ3n) is 3.41. The molecule has 1 aromatic rings. The maximum Gasteiger partial charge on any atom is 0.418 e. The van der Waals surface area contributed by atoms with Crippen molar-refractivity contribution in [2.24, 2.45) is 5.92 Å². The largest absolute Gasteiger partial charge is 0.418 e. The Morgan fingerprint density at radius 2 is 1.86 bits per heavy atom. The molecule has 0 atom stereocenters. The Morgan fingerprint density at radius 1 is 1.19 bits per heavy atom. The number of benzene rings is 1. The number of carbonyl (C=O) groups excluding carboxylic acids is 2. The van der Waals surface area contributed by atoms with Gasteiger partial charge in [0.25, 0.3) is 0 Å². The lowest BCUT2D eigenvalue weighted by atomic mass is 9.85. The van der Waals surface area contributed by atoms with Gasteiger partial charge in [-0.2, -0.15) is 13.2 Å². The molecule has 0 aromatic heterocycles. The molecule has 0 unspecified atom stereocenters. The highest BCUT2D eigenvalue weighted by molar-refractivity contribution is 5.95. The van der Waals surface area contributed by atoms with Crippen LogP contribution in [0.2, 0.25) is 0 Å². The van der Waals surface area contributed by atoms with E-state index in [0.29, 0.717) is 0 Å². The molecule has 0 radical (unpaired) electrons. The fraction of sp³-hybridized carbons (Fsp3) is 0.429. The third kappa shape index (κ3) is 3.96. The maximum absolute atomic E-state index is 12.8. The minimum absolute atomic E-state index is 0.0692. The maximum atomic E-state index is 12.8. The van der Waals surface area contributed by atoms with E-state index in [9.17, 15) is 22.8 Å². The van der Waals surface area contributed by atoms with Crippen molar-refractivity contribution in [2.45, 2.75) is 25.4 Å². The zero-order valence-corrected chi connectivity index (χ0v) is 11.2. The smallest absolute Gasteiger partial charge is 0.347 e. The number of nitrogens with one attached hydrogen (secondary N) is 2. The van der Waals surface area contributed by atoms with Gasteiger partial charge in [-0.25, -0.2) is 0 Å². The van der Waals surface area contributed by atoms with Gasteiger partial charge in [0.05, 0.1) is 17.8 Å². The van der Waals surface area contributed by atoms with E-state index in [1.54, 1.807) is 0 Å². The number of carbonyl (C=O) groups is 2. The highest BCUT2D eigenvalue weighted by atomic mass is 19.4. The molecule has 0 bridgehead atoms. The van der Waals surface area contributed by atoms with Crippen LogP contribution in [-0.2, 0) is 15.8 Å². The first-order chi connectivity index (χ1) is 9.88. The summed E-state index contributed by atoms with van der Waals surface area (Å²) in [6.07, 6.45) is -1.96. The van der Waals surface area contributed by atoms with Gasteiger partial charge in [-0.15, -0.1) is 0 Å². The molecule has 1 aliphatic carbocycles. The van der Waals surface area contributed by atoms with Gasteiger partial charge < -0.3 is 10.6 Å². The van der Waals surface area contributed by atoms with Gasteiger partial charge in [0.1, 0.15) is 0 Å². The Morgan fingerprint density at radius 3 is 2.43 bits per heavy atom. The van der Waals surface area contributed by atoms with Crippen LogP contribution in [0.4, 0.5) is 18.9 Å². The summed E-state index contributed by atoms with van der Waals surface area (Å²) < 4.78 is 38.3. The van der Waals surface area contributed by atoms with E-state index in [1.807, 2.05) is 0 Å². The lowest BCUT2D eigenvalue weighted by Crippen LogP contribution is -2.39. The van der Waals surface area contributed by atoms with Gasteiger partial charge in [0.15, 0.2) is 0 Å². The molecule has 0 saturated heterocycles. The Kier molecular flexibility index (Phi) is 4.50. The van der Waals surface area contributed by atoms with Crippen molar-refractivity contribution >= 4 is 17.5 Å². The Balaban J connectivity index is 1.92. The average molecular weight is 300 g/mol. The zero-order chi connectivity index (χ0) is 15.5. The van der Waals surface area contributed by atoms with Crippen LogP contribution < -0.4 is 10.6 Å². The minimum atomic E-state index is -4.54. The van der Waals surface area contributed by atoms with Crippen molar-refractivity contribution in [3.05, 3.63) is 29.8 Å². The number of alkyl halides is 3. The van der Waals surface area contributed by atoms with Crippen LogP contribution in [-0.4, -0.2) is 18.4 Å². The predicted octanol–water partition coefficient (Wildman–Crippen LogP) is 2.56. The monoisotopic (exact) mass is 300 g/mol. The standard InChI is InChI=1S/C14H15F3N2O2/c15-14(16,17)10-6-1-2-7-11(10)19-12(20)8-18-13(21)9-4-3-5-9/h1-2,6-7,9H,3-5,8H2,(H,18,21)(H,19,20). The number of hydrogen-bond donors (Lipinski definition) is 2. The molecular formula is C14H15F3N2O2. The second-order valence-corrected chi connectivity index (χ2v) is 4.94. The molecule has 1 fully saturated rings. The van der Waals surface area contributed by atoms with E-state index >= 15 is 0 Å². The average Bonchev–Trinajstić information content (AvgIpc) is 2.33. The fourth-order valence-electron chi connectivity index (χ4n) is 2.02. The normalized spacial score (nSPS) is 15.2. The number of halogens is 3.